The molecule has 0 spiro atoms. The van der Waals surface area contributed by atoms with Gasteiger partial charge in [-0.2, -0.15) is 0 Å². The summed E-state index contributed by atoms with van der Waals surface area (Å²) >= 11 is 0. The zero-order valence-corrected chi connectivity index (χ0v) is 15.6. The number of hydrogen-bond acceptors (Lipinski definition) is 5. The molecule has 2 atom stereocenters. The number of carbonyl (C=O) groups excluding carboxylic acids is 1. The summed E-state index contributed by atoms with van der Waals surface area (Å²) in [5.41, 5.74) is 3.20. The van der Waals surface area contributed by atoms with E-state index in [1.807, 2.05) is 29.6 Å². The highest BCUT2D eigenvalue weighted by Gasteiger charge is 2.35. The van der Waals surface area contributed by atoms with Crippen LogP contribution in [0.5, 0.6) is 0 Å². The van der Waals surface area contributed by atoms with E-state index in [9.17, 15) is 4.79 Å². The van der Waals surface area contributed by atoms with Gasteiger partial charge in [-0.3, -0.25) is 14.2 Å². The average Bonchev–Trinajstić information content (AvgIpc) is 3.39. The maximum atomic E-state index is 12.9. The van der Waals surface area contributed by atoms with Gasteiger partial charge in [-0.1, -0.05) is 13.3 Å². The SMILES string of the molecule is CC[C@@H]1CCN(C(=O)c2cnccn2)C[C@@H]1c1ncc2cnc3[nH]ccc3n12.[HH]. The molecule has 0 bridgehead atoms. The number of imidazole rings is 1. The van der Waals surface area contributed by atoms with Gasteiger partial charge in [0.1, 0.15) is 11.5 Å². The van der Waals surface area contributed by atoms with Crippen LogP contribution in [0.25, 0.3) is 16.7 Å². The minimum Gasteiger partial charge on any atom is -0.345 e. The van der Waals surface area contributed by atoms with E-state index < -0.39 is 0 Å². The molecule has 0 radical (unpaired) electrons. The van der Waals surface area contributed by atoms with E-state index >= 15 is 0 Å². The van der Waals surface area contributed by atoms with Crippen LogP contribution in [0.4, 0.5) is 0 Å². The summed E-state index contributed by atoms with van der Waals surface area (Å²) in [6, 6.07) is 2.02. The van der Waals surface area contributed by atoms with Gasteiger partial charge in [-0.05, 0) is 18.4 Å². The third-order valence-electron chi connectivity index (χ3n) is 5.77. The first-order valence-corrected chi connectivity index (χ1v) is 9.61. The van der Waals surface area contributed by atoms with Crippen LogP contribution in [0.15, 0.2) is 43.2 Å². The number of aromatic amines is 1. The number of amides is 1. The van der Waals surface area contributed by atoms with Crippen molar-refractivity contribution in [3.8, 4) is 0 Å². The molecule has 1 N–H and O–H groups in total. The monoisotopic (exact) mass is 377 g/mol. The fraction of sp³-hybridized carbons (Fsp3) is 0.350. The van der Waals surface area contributed by atoms with E-state index in [2.05, 4.69) is 31.3 Å². The molecule has 0 unspecified atom stereocenters. The zero-order valence-electron chi connectivity index (χ0n) is 15.6. The van der Waals surface area contributed by atoms with Crippen molar-refractivity contribution in [1.82, 2.24) is 34.2 Å². The van der Waals surface area contributed by atoms with Crippen LogP contribution in [0, 0.1) is 5.92 Å². The van der Waals surface area contributed by atoms with Crippen molar-refractivity contribution in [3.63, 3.8) is 0 Å². The molecule has 8 nitrogen and oxygen atoms in total. The van der Waals surface area contributed by atoms with E-state index in [4.69, 9.17) is 4.98 Å². The van der Waals surface area contributed by atoms with Gasteiger partial charge in [0, 0.05) is 39.0 Å². The van der Waals surface area contributed by atoms with Gasteiger partial charge < -0.3 is 9.88 Å². The summed E-state index contributed by atoms with van der Waals surface area (Å²) in [5, 5.41) is 0. The van der Waals surface area contributed by atoms with Crippen LogP contribution >= 0.6 is 0 Å². The fourth-order valence-corrected chi connectivity index (χ4v) is 4.30. The predicted molar refractivity (Wildman–Crippen MR) is 106 cm³/mol. The molecule has 144 valence electrons. The molecule has 5 heterocycles. The van der Waals surface area contributed by atoms with Crippen LogP contribution in [0.2, 0.25) is 0 Å². The lowest BCUT2D eigenvalue weighted by atomic mass is 9.83. The normalized spacial score (nSPS) is 20.1. The van der Waals surface area contributed by atoms with Crippen molar-refractivity contribution < 1.29 is 6.22 Å². The maximum absolute atomic E-state index is 12.9. The second-order valence-electron chi connectivity index (χ2n) is 7.25. The van der Waals surface area contributed by atoms with E-state index in [1.54, 1.807) is 12.4 Å². The lowest BCUT2D eigenvalue weighted by molar-refractivity contribution is 0.0646. The van der Waals surface area contributed by atoms with Gasteiger partial charge in [-0.15, -0.1) is 0 Å². The van der Waals surface area contributed by atoms with Crippen molar-refractivity contribution in [2.75, 3.05) is 13.1 Å². The van der Waals surface area contributed by atoms with Crippen molar-refractivity contribution in [1.29, 1.82) is 0 Å². The fourth-order valence-electron chi connectivity index (χ4n) is 4.30. The summed E-state index contributed by atoms with van der Waals surface area (Å²) in [4.78, 5) is 35.4. The molecule has 4 aromatic heterocycles. The van der Waals surface area contributed by atoms with Gasteiger partial charge in [0.2, 0.25) is 0 Å². The van der Waals surface area contributed by atoms with Gasteiger partial charge in [0.05, 0.1) is 29.6 Å². The van der Waals surface area contributed by atoms with Crippen molar-refractivity contribution in [2.24, 2.45) is 5.92 Å². The zero-order chi connectivity index (χ0) is 19.1. The molecule has 1 saturated heterocycles. The Morgan fingerprint density at radius 3 is 2.96 bits per heavy atom. The lowest BCUT2D eigenvalue weighted by Crippen LogP contribution is -2.43. The minimum absolute atomic E-state index is 0. The molecular formula is C20H23N7O. The third-order valence-corrected chi connectivity index (χ3v) is 5.77. The Kier molecular flexibility index (Phi) is 4.03. The third kappa shape index (κ3) is 2.64. The summed E-state index contributed by atoms with van der Waals surface area (Å²) in [7, 11) is 0. The van der Waals surface area contributed by atoms with Crippen molar-refractivity contribution >= 4 is 22.6 Å². The van der Waals surface area contributed by atoms with Gasteiger partial charge in [0.15, 0.2) is 5.65 Å². The summed E-state index contributed by atoms with van der Waals surface area (Å²) in [6.07, 6.45) is 12.3. The van der Waals surface area contributed by atoms with Crippen LogP contribution < -0.4 is 0 Å². The van der Waals surface area contributed by atoms with Crippen molar-refractivity contribution in [2.45, 2.75) is 25.7 Å². The van der Waals surface area contributed by atoms with Crippen LogP contribution in [0.3, 0.4) is 0 Å². The number of fused-ring (bicyclic) bond motifs is 3. The number of rotatable bonds is 3. The average molecular weight is 377 g/mol. The van der Waals surface area contributed by atoms with E-state index in [1.165, 1.54) is 6.20 Å². The van der Waals surface area contributed by atoms with Crippen LogP contribution in [-0.2, 0) is 0 Å². The minimum atomic E-state index is -0.0676. The highest BCUT2D eigenvalue weighted by atomic mass is 16.2. The molecular weight excluding hydrogens is 354 g/mol. The van der Waals surface area contributed by atoms with Crippen LogP contribution in [0.1, 0.15) is 43.4 Å². The molecule has 1 aliphatic heterocycles. The molecule has 1 aliphatic rings. The number of nitrogens with one attached hydrogen (secondary N) is 1. The van der Waals surface area contributed by atoms with Gasteiger partial charge in [-0.25, -0.2) is 15.0 Å². The quantitative estimate of drug-likeness (QED) is 0.593. The number of aromatic nitrogens is 6. The van der Waals surface area contributed by atoms with Gasteiger partial charge >= 0.3 is 0 Å². The Hall–Kier alpha value is -3.29. The Morgan fingerprint density at radius 1 is 1.25 bits per heavy atom. The largest absolute Gasteiger partial charge is 0.345 e. The maximum Gasteiger partial charge on any atom is 0.274 e. The summed E-state index contributed by atoms with van der Waals surface area (Å²) in [6.45, 7) is 3.57. The first-order valence-electron chi connectivity index (χ1n) is 9.61. The Bertz CT molecular complexity index is 1140. The first-order chi connectivity index (χ1) is 13.8. The van der Waals surface area contributed by atoms with Crippen molar-refractivity contribution in [3.05, 3.63) is 54.8 Å². The number of carbonyl (C=O) groups is 1. The van der Waals surface area contributed by atoms with Crippen LogP contribution in [-0.4, -0.2) is 53.2 Å². The lowest BCUT2D eigenvalue weighted by Gasteiger charge is -2.37. The highest BCUT2D eigenvalue weighted by Crippen LogP contribution is 2.35. The summed E-state index contributed by atoms with van der Waals surface area (Å²) < 4.78 is 2.17. The number of piperidine rings is 1. The Labute approximate surface area is 163 Å². The Morgan fingerprint density at radius 2 is 2.14 bits per heavy atom. The number of nitrogens with zero attached hydrogens (tertiary/aromatic N) is 6. The number of hydrogen-bond donors (Lipinski definition) is 1. The first kappa shape index (κ1) is 16.9. The van der Waals surface area contributed by atoms with E-state index in [0.717, 1.165) is 41.9 Å². The molecule has 1 amide bonds. The molecule has 0 aromatic carbocycles. The molecule has 8 heteroatoms. The molecule has 0 aliphatic carbocycles. The molecule has 4 aromatic rings. The Balaban J connectivity index is 0.00000205. The standard InChI is InChI=1S/C20H21N7O.H2/c1-2-13-4-8-26(20(28)16-11-21-6-7-22-16)12-15(13)19-25-10-14-9-24-18-17(27(14)19)3-5-23-18;/h3,5-7,9-11,13,15,23H,2,4,8,12H2,1H3;1H/t13-,15+;/m1./s1. The second-order valence-corrected chi connectivity index (χ2v) is 7.25. The van der Waals surface area contributed by atoms with E-state index in [0.29, 0.717) is 18.2 Å². The molecule has 5 rings (SSSR count). The smallest absolute Gasteiger partial charge is 0.274 e. The topological polar surface area (TPSA) is 92.1 Å². The summed E-state index contributed by atoms with van der Waals surface area (Å²) in [5.74, 6) is 1.55. The highest BCUT2D eigenvalue weighted by molar-refractivity contribution is 5.92. The molecule has 1 fully saturated rings. The second kappa shape index (κ2) is 6.70. The number of H-pyrrole nitrogens is 1. The molecule has 28 heavy (non-hydrogen) atoms. The van der Waals surface area contributed by atoms with E-state index in [-0.39, 0.29) is 13.3 Å². The van der Waals surface area contributed by atoms with Gasteiger partial charge in [0.25, 0.3) is 5.91 Å². The predicted octanol–water partition coefficient (Wildman–Crippen LogP) is 2.90. The molecule has 0 saturated carbocycles. The number of likely N-dealkylation sites (tertiary alicyclic amines) is 1.